The SMILES string of the molecule is CCOc1ccc(/C=N\NC(=O)CNC(=O)COc2ccccc2)cc1. The zero-order chi connectivity index (χ0) is 18.6. The highest BCUT2D eigenvalue weighted by Crippen LogP contribution is 2.10. The van der Waals surface area contributed by atoms with Crippen LogP contribution in [0.25, 0.3) is 0 Å². The molecule has 0 aliphatic heterocycles. The van der Waals surface area contributed by atoms with Crippen molar-refractivity contribution in [3.8, 4) is 11.5 Å². The lowest BCUT2D eigenvalue weighted by Gasteiger charge is -2.06. The molecule has 2 aromatic carbocycles. The molecule has 0 unspecified atom stereocenters. The fourth-order valence-corrected chi connectivity index (χ4v) is 1.93. The Morgan fingerprint density at radius 2 is 1.65 bits per heavy atom. The molecule has 7 nitrogen and oxygen atoms in total. The van der Waals surface area contributed by atoms with Crippen LogP contribution in [0.4, 0.5) is 0 Å². The quantitative estimate of drug-likeness (QED) is 0.530. The lowest BCUT2D eigenvalue weighted by Crippen LogP contribution is -2.37. The highest BCUT2D eigenvalue weighted by atomic mass is 16.5. The molecule has 2 aromatic rings. The minimum atomic E-state index is -0.430. The van der Waals surface area contributed by atoms with Gasteiger partial charge in [0.25, 0.3) is 11.8 Å². The van der Waals surface area contributed by atoms with Crippen LogP contribution < -0.4 is 20.2 Å². The fourth-order valence-electron chi connectivity index (χ4n) is 1.93. The van der Waals surface area contributed by atoms with Gasteiger partial charge in [0.1, 0.15) is 11.5 Å². The van der Waals surface area contributed by atoms with Crippen LogP contribution in [0.3, 0.4) is 0 Å². The predicted octanol–water partition coefficient (Wildman–Crippen LogP) is 1.73. The highest BCUT2D eigenvalue weighted by molar-refractivity contribution is 5.86. The third-order valence-corrected chi connectivity index (χ3v) is 3.15. The van der Waals surface area contributed by atoms with Crippen LogP contribution in [0.1, 0.15) is 12.5 Å². The first-order valence-electron chi connectivity index (χ1n) is 8.16. The molecule has 2 rings (SSSR count). The highest BCUT2D eigenvalue weighted by Gasteiger charge is 2.05. The Bertz CT molecular complexity index is 730. The second-order valence-electron chi connectivity index (χ2n) is 5.17. The van der Waals surface area contributed by atoms with Crippen LogP contribution in [0, 0.1) is 0 Å². The van der Waals surface area contributed by atoms with Crippen LogP contribution in [0.15, 0.2) is 59.7 Å². The lowest BCUT2D eigenvalue weighted by molar-refractivity contribution is -0.127. The number of amides is 2. The van der Waals surface area contributed by atoms with E-state index in [-0.39, 0.29) is 19.1 Å². The van der Waals surface area contributed by atoms with Gasteiger partial charge in [0.05, 0.1) is 19.4 Å². The lowest BCUT2D eigenvalue weighted by atomic mass is 10.2. The molecule has 0 atom stereocenters. The number of hydrogen-bond acceptors (Lipinski definition) is 5. The normalized spacial score (nSPS) is 10.3. The summed E-state index contributed by atoms with van der Waals surface area (Å²) < 4.78 is 10.6. The summed E-state index contributed by atoms with van der Waals surface area (Å²) >= 11 is 0. The van der Waals surface area contributed by atoms with E-state index in [1.165, 1.54) is 6.21 Å². The Morgan fingerprint density at radius 3 is 2.35 bits per heavy atom. The minimum absolute atomic E-state index is 0.160. The third-order valence-electron chi connectivity index (χ3n) is 3.15. The molecule has 2 amide bonds. The number of hydrogen-bond donors (Lipinski definition) is 2. The summed E-state index contributed by atoms with van der Waals surface area (Å²) in [6, 6.07) is 16.2. The largest absolute Gasteiger partial charge is 0.494 e. The Kier molecular flexibility index (Phi) is 7.67. The van der Waals surface area contributed by atoms with E-state index >= 15 is 0 Å². The van der Waals surface area contributed by atoms with Crippen molar-refractivity contribution < 1.29 is 19.1 Å². The molecule has 0 fully saturated rings. The number of carbonyl (C=O) groups excluding carboxylic acids is 2. The molecule has 0 aliphatic carbocycles. The van der Waals surface area contributed by atoms with E-state index in [0.717, 1.165) is 11.3 Å². The summed E-state index contributed by atoms with van der Waals surface area (Å²) in [6.45, 7) is 2.17. The van der Waals surface area contributed by atoms with E-state index in [1.807, 2.05) is 49.4 Å². The van der Waals surface area contributed by atoms with E-state index in [4.69, 9.17) is 9.47 Å². The number of hydrazone groups is 1. The predicted molar refractivity (Wildman–Crippen MR) is 98.3 cm³/mol. The molecule has 0 saturated heterocycles. The first-order valence-corrected chi connectivity index (χ1v) is 8.16. The van der Waals surface area contributed by atoms with Gasteiger partial charge in [-0.1, -0.05) is 18.2 Å². The van der Waals surface area contributed by atoms with Crippen molar-refractivity contribution in [3.63, 3.8) is 0 Å². The zero-order valence-corrected chi connectivity index (χ0v) is 14.5. The van der Waals surface area contributed by atoms with E-state index in [1.54, 1.807) is 12.1 Å². The maximum atomic E-state index is 11.7. The number of ether oxygens (including phenoxy) is 2. The van der Waals surface area contributed by atoms with Crippen LogP contribution in [-0.4, -0.2) is 37.8 Å². The van der Waals surface area contributed by atoms with Crippen molar-refractivity contribution in [2.75, 3.05) is 19.8 Å². The Balaban J connectivity index is 1.65. The Morgan fingerprint density at radius 1 is 0.962 bits per heavy atom. The molecule has 0 bridgehead atoms. The molecule has 0 aliphatic rings. The number of nitrogens with one attached hydrogen (secondary N) is 2. The summed E-state index contributed by atoms with van der Waals surface area (Å²) in [5, 5.41) is 6.30. The molecule has 7 heteroatoms. The van der Waals surface area contributed by atoms with E-state index in [9.17, 15) is 9.59 Å². The van der Waals surface area contributed by atoms with Gasteiger partial charge in [-0.05, 0) is 48.9 Å². The van der Waals surface area contributed by atoms with E-state index in [2.05, 4.69) is 15.8 Å². The van der Waals surface area contributed by atoms with Gasteiger partial charge in [0.15, 0.2) is 6.61 Å². The third kappa shape index (κ3) is 7.04. The van der Waals surface area contributed by atoms with Gasteiger partial charge >= 0.3 is 0 Å². The van der Waals surface area contributed by atoms with E-state index in [0.29, 0.717) is 12.4 Å². The summed E-state index contributed by atoms with van der Waals surface area (Å²) in [5.74, 6) is 0.543. The average Bonchev–Trinajstić information content (AvgIpc) is 2.67. The monoisotopic (exact) mass is 355 g/mol. The maximum Gasteiger partial charge on any atom is 0.259 e. The van der Waals surface area contributed by atoms with Crippen molar-refractivity contribution in [2.24, 2.45) is 5.10 Å². The second kappa shape index (κ2) is 10.5. The van der Waals surface area contributed by atoms with Crippen LogP contribution >= 0.6 is 0 Å². The van der Waals surface area contributed by atoms with Gasteiger partial charge in [-0.3, -0.25) is 9.59 Å². The second-order valence-corrected chi connectivity index (χ2v) is 5.17. The molecule has 0 saturated carbocycles. The minimum Gasteiger partial charge on any atom is -0.494 e. The summed E-state index contributed by atoms with van der Waals surface area (Å²) in [7, 11) is 0. The van der Waals surface area contributed by atoms with E-state index < -0.39 is 5.91 Å². The first-order chi connectivity index (χ1) is 12.7. The Hall–Kier alpha value is -3.35. The van der Waals surface area contributed by atoms with Crippen molar-refractivity contribution >= 4 is 18.0 Å². The molecule has 26 heavy (non-hydrogen) atoms. The number of rotatable bonds is 9. The van der Waals surface area contributed by atoms with Crippen LogP contribution in [0.2, 0.25) is 0 Å². The average molecular weight is 355 g/mol. The topological polar surface area (TPSA) is 89.0 Å². The van der Waals surface area contributed by atoms with Gasteiger partial charge in [-0.25, -0.2) is 5.43 Å². The van der Waals surface area contributed by atoms with Crippen molar-refractivity contribution in [1.29, 1.82) is 0 Å². The molecule has 136 valence electrons. The first kappa shape index (κ1) is 19.0. The molecule has 0 aromatic heterocycles. The maximum absolute atomic E-state index is 11.7. The van der Waals surface area contributed by atoms with Gasteiger partial charge in [0.2, 0.25) is 0 Å². The molecule has 2 N–H and O–H groups in total. The van der Waals surface area contributed by atoms with Gasteiger partial charge in [-0.15, -0.1) is 0 Å². The van der Waals surface area contributed by atoms with Crippen molar-refractivity contribution in [1.82, 2.24) is 10.7 Å². The van der Waals surface area contributed by atoms with Gasteiger partial charge in [-0.2, -0.15) is 5.10 Å². The number of para-hydroxylation sites is 1. The Labute approximate surface area is 152 Å². The molecular formula is C19H21N3O4. The van der Waals surface area contributed by atoms with Gasteiger partial charge in [0, 0.05) is 0 Å². The zero-order valence-electron chi connectivity index (χ0n) is 14.5. The van der Waals surface area contributed by atoms with Crippen molar-refractivity contribution in [2.45, 2.75) is 6.92 Å². The smallest absolute Gasteiger partial charge is 0.259 e. The standard InChI is InChI=1S/C19H21N3O4/c1-2-25-17-10-8-15(9-11-17)12-21-22-18(23)13-20-19(24)14-26-16-6-4-3-5-7-16/h3-12H,2,13-14H2,1H3,(H,20,24)(H,22,23)/b21-12-. The summed E-state index contributed by atoms with van der Waals surface area (Å²) in [5.41, 5.74) is 3.16. The molecule has 0 heterocycles. The molecule has 0 radical (unpaired) electrons. The van der Waals surface area contributed by atoms with Crippen LogP contribution in [0.5, 0.6) is 11.5 Å². The molecular weight excluding hydrogens is 334 g/mol. The summed E-state index contributed by atoms with van der Waals surface area (Å²) in [6.07, 6.45) is 1.51. The molecule has 0 spiro atoms. The van der Waals surface area contributed by atoms with Crippen LogP contribution in [-0.2, 0) is 9.59 Å². The fraction of sp³-hybridized carbons (Fsp3) is 0.211. The summed E-state index contributed by atoms with van der Waals surface area (Å²) in [4.78, 5) is 23.3. The number of carbonyl (C=O) groups is 2. The number of benzene rings is 2. The number of nitrogens with zero attached hydrogens (tertiary/aromatic N) is 1. The van der Waals surface area contributed by atoms with Gasteiger partial charge < -0.3 is 14.8 Å². The van der Waals surface area contributed by atoms with Crippen molar-refractivity contribution in [3.05, 3.63) is 60.2 Å².